The number of unbranched alkanes of at least 4 members (excludes halogenated alkanes) is 1. The van der Waals surface area contributed by atoms with Crippen LogP contribution < -0.4 is 0 Å². The van der Waals surface area contributed by atoms with Gasteiger partial charge in [-0.3, -0.25) is 0 Å². The molecule has 2 heteroatoms. The molecule has 0 radical (unpaired) electrons. The third kappa shape index (κ3) is 5.43. The summed E-state index contributed by atoms with van der Waals surface area (Å²) in [4.78, 5) is 0. The standard InChI is InChI=1S/C6H11.C4H8Br.C3H7.Sn.H/c1-2-4-6-5-3-1;1-2-3-4-5;1-3-2;;/h1H,2-6H2;1-4H2;3H,1-2H3;;. The Morgan fingerprint density at radius 3 is 2.33 bits per heavy atom. The van der Waals surface area contributed by atoms with E-state index in [0.29, 0.717) is 0 Å². The van der Waals surface area contributed by atoms with Crippen LogP contribution in [0.1, 0.15) is 58.8 Å². The molecule has 0 N–H and O–H groups in total. The van der Waals surface area contributed by atoms with Gasteiger partial charge in [-0.2, -0.15) is 0 Å². The first-order chi connectivity index (χ1) is 7.25. The van der Waals surface area contributed by atoms with E-state index >= 15 is 0 Å². The maximum atomic E-state index is 3.56. The average Bonchev–Trinajstić information content (AvgIpc) is 2.25. The molecule has 0 heterocycles. The molecule has 0 amide bonds. The Hall–Kier alpha value is 1.28. The monoisotopic (exact) mass is 382 g/mol. The van der Waals surface area contributed by atoms with Gasteiger partial charge >= 0.3 is 112 Å². The predicted octanol–water partition coefficient (Wildman–Crippen LogP) is 5.13. The van der Waals surface area contributed by atoms with Crippen molar-refractivity contribution in [3.05, 3.63) is 0 Å². The molecule has 0 spiro atoms. The molecule has 15 heavy (non-hydrogen) atoms. The van der Waals surface area contributed by atoms with Gasteiger partial charge in [-0.05, 0) is 0 Å². The molecule has 0 aromatic rings. The summed E-state index contributed by atoms with van der Waals surface area (Å²) in [6.45, 7) is 5.03. The van der Waals surface area contributed by atoms with Gasteiger partial charge in [0.2, 0.25) is 0 Å². The minimum atomic E-state index is -1.18. The fraction of sp³-hybridized carbons (Fsp3) is 1.00. The van der Waals surface area contributed by atoms with Gasteiger partial charge in [0, 0.05) is 0 Å². The van der Waals surface area contributed by atoms with Crippen LogP contribution in [0.3, 0.4) is 0 Å². The first kappa shape index (κ1) is 14.3. The van der Waals surface area contributed by atoms with Gasteiger partial charge in [0.15, 0.2) is 0 Å². The number of halogens is 1. The summed E-state index contributed by atoms with van der Waals surface area (Å²) in [7, 11) is 0. The van der Waals surface area contributed by atoms with E-state index in [1.165, 1.54) is 28.5 Å². The Morgan fingerprint density at radius 2 is 1.80 bits per heavy atom. The van der Waals surface area contributed by atoms with Crippen LogP contribution in [-0.4, -0.2) is 25.1 Å². The van der Waals surface area contributed by atoms with E-state index in [9.17, 15) is 0 Å². The molecule has 0 aliphatic heterocycles. The fourth-order valence-corrected chi connectivity index (χ4v) is 15.9. The Bertz CT molecular complexity index is 153. The van der Waals surface area contributed by atoms with Gasteiger partial charge in [0.05, 0.1) is 0 Å². The SMILES string of the molecule is C[CH](C)[SnH]([CH2]CCCBr)[CH]1CCCCC1. The van der Waals surface area contributed by atoms with Crippen molar-refractivity contribution in [2.45, 2.75) is 71.1 Å². The van der Waals surface area contributed by atoms with Crippen LogP contribution in [0.25, 0.3) is 0 Å². The number of hydrogen-bond acceptors (Lipinski definition) is 0. The summed E-state index contributed by atoms with van der Waals surface area (Å²) < 4.78 is 4.04. The van der Waals surface area contributed by atoms with E-state index in [1.54, 1.807) is 30.1 Å². The minimum absolute atomic E-state index is 1.10. The molecular weight excluding hydrogens is 355 g/mol. The van der Waals surface area contributed by atoms with E-state index < -0.39 is 19.8 Å². The summed E-state index contributed by atoms with van der Waals surface area (Å²) in [6.07, 6.45) is 10.7. The van der Waals surface area contributed by atoms with E-state index in [-0.39, 0.29) is 0 Å². The van der Waals surface area contributed by atoms with E-state index in [1.807, 2.05) is 0 Å². The van der Waals surface area contributed by atoms with Crippen LogP contribution in [0.2, 0.25) is 12.3 Å². The first-order valence-corrected chi connectivity index (χ1v) is 14.1. The zero-order valence-electron chi connectivity index (χ0n) is 10.5. The number of alkyl halides is 1. The van der Waals surface area contributed by atoms with Crippen molar-refractivity contribution in [2.75, 3.05) is 5.33 Å². The molecule has 1 saturated carbocycles. The Balaban J connectivity index is 2.34. The molecule has 1 rings (SSSR count). The summed E-state index contributed by atoms with van der Waals surface area (Å²) in [5.41, 5.74) is 0. The summed E-state index contributed by atoms with van der Waals surface area (Å²) in [5, 5.41) is 1.22. The van der Waals surface area contributed by atoms with Gasteiger partial charge in [-0.1, -0.05) is 0 Å². The molecule has 0 nitrogen and oxygen atoms in total. The first-order valence-electron chi connectivity index (χ1n) is 6.81. The van der Waals surface area contributed by atoms with Gasteiger partial charge < -0.3 is 0 Å². The van der Waals surface area contributed by atoms with Crippen LogP contribution in [-0.2, 0) is 0 Å². The molecule has 0 bridgehead atoms. The maximum absolute atomic E-state index is 3.56. The average molecular weight is 382 g/mol. The van der Waals surface area contributed by atoms with Gasteiger partial charge in [0.25, 0.3) is 0 Å². The topological polar surface area (TPSA) is 0 Å². The second-order valence-electron chi connectivity index (χ2n) is 5.49. The fourth-order valence-electron chi connectivity index (χ4n) is 3.15. The zero-order chi connectivity index (χ0) is 11.1. The van der Waals surface area contributed by atoms with E-state index in [4.69, 9.17) is 0 Å². The van der Waals surface area contributed by atoms with Crippen molar-refractivity contribution in [1.29, 1.82) is 0 Å². The zero-order valence-corrected chi connectivity index (χ0v) is 15.4. The van der Waals surface area contributed by atoms with Crippen molar-refractivity contribution < 1.29 is 0 Å². The molecule has 0 saturated heterocycles. The molecule has 1 aliphatic rings. The van der Waals surface area contributed by atoms with Crippen molar-refractivity contribution >= 4 is 35.7 Å². The van der Waals surface area contributed by atoms with Crippen molar-refractivity contribution in [2.24, 2.45) is 0 Å². The Kier molecular flexibility index (Phi) is 8.01. The third-order valence-corrected chi connectivity index (χ3v) is 17.9. The van der Waals surface area contributed by atoms with Crippen LogP contribution >= 0.6 is 15.9 Å². The van der Waals surface area contributed by atoms with Crippen molar-refractivity contribution in [1.82, 2.24) is 0 Å². The van der Waals surface area contributed by atoms with Gasteiger partial charge in [-0.15, -0.1) is 0 Å². The summed E-state index contributed by atoms with van der Waals surface area (Å²) >= 11 is 2.38. The molecular formula is C13H27BrSn. The van der Waals surface area contributed by atoms with Crippen LogP contribution in [0.15, 0.2) is 0 Å². The molecule has 1 aliphatic carbocycles. The second-order valence-corrected chi connectivity index (χ2v) is 18.2. The van der Waals surface area contributed by atoms with Crippen LogP contribution in [0, 0.1) is 0 Å². The predicted molar refractivity (Wildman–Crippen MR) is 76.9 cm³/mol. The van der Waals surface area contributed by atoms with Gasteiger partial charge in [-0.25, -0.2) is 0 Å². The Morgan fingerprint density at radius 1 is 1.13 bits per heavy atom. The summed E-state index contributed by atoms with van der Waals surface area (Å²) in [6, 6.07) is 0. The molecule has 1 unspecified atom stereocenters. The van der Waals surface area contributed by atoms with Gasteiger partial charge in [0.1, 0.15) is 0 Å². The summed E-state index contributed by atoms with van der Waals surface area (Å²) in [5.74, 6) is 0. The third-order valence-electron chi connectivity index (χ3n) is 4.03. The van der Waals surface area contributed by atoms with Crippen molar-refractivity contribution in [3.8, 4) is 0 Å². The molecule has 90 valence electrons. The molecule has 0 aromatic heterocycles. The normalized spacial score (nSPS) is 20.8. The van der Waals surface area contributed by atoms with E-state index in [0.717, 1.165) is 3.93 Å². The van der Waals surface area contributed by atoms with E-state index in [2.05, 4.69) is 29.8 Å². The van der Waals surface area contributed by atoms with Crippen LogP contribution in [0.4, 0.5) is 0 Å². The van der Waals surface area contributed by atoms with Crippen molar-refractivity contribution in [3.63, 3.8) is 0 Å². The quantitative estimate of drug-likeness (QED) is 0.340. The Labute approximate surface area is 111 Å². The molecule has 1 fully saturated rings. The number of hydrogen-bond donors (Lipinski definition) is 0. The molecule has 1 atom stereocenters. The van der Waals surface area contributed by atoms with Crippen LogP contribution in [0.5, 0.6) is 0 Å². The molecule has 0 aromatic carbocycles. The number of rotatable bonds is 6. The second kappa shape index (κ2) is 8.38.